The monoisotopic (exact) mass is 405 g/mol. The van der Waals surface area contributed by atoms with E-state index in [-0.39, 0.29) is 17.9 Å². The summed E-state index contributed by atoms with van der Waals surface area (Å²) in [5.41, 5.74) is 0.433. The van der Waals surface area contributed by atoms with Gasteiger partial charge in [-0.05, 0) is 43.4 Å². The number of hydrogen-bond donors (Lipinski definition) is 2. The number of amides is 2. The van der Waals surface area contributed by atoms with Gasteiger partial charge >= 0.3 is 0 Å². The van der Waals surface area contributed by atoms with Crippen LogP contribution >= 0.6 is 22.9 Å². The smallest absolute Gasteiger partial charge is 0.261 e. The van der Waals surface area contributed by atoms with Crippen LogP contribution in [0.15, 0.2) is 30.6 Å². The molecule has 5 nitrogen and oxygen atoms in total. The van der Waals surface area contributed by atoms with Gasteiger partial charge in [0.05, 0.1) is 15.5 Å². The van der Waals surface area contributed by atoms with Crippen LogP contribution in [0, 0.1) is 5.92 Å². The molecule has 0 aliphatic heterocycles. The molecule has 0 aromatic carbocycles. The van der Waals surface area contributed by atoms with Crippen LogP contribution in [-0.4, -0.2) is 29.4 Å². The highest BCUT2D eigenvalue weighted by Gasteiger charge is 2.27. The Morgan fingerprint density at radius 1 is 1.26 bits per heavy atom. The summed E-state index contributed by atoms with van der Waals surface area (Å²) in [5, 5.41) is 6.50. The average Bonchev–Trinajstić information content (AvgIpc) is 3.36. The summed E-state index contributed by atoms with van der Waals surface area (Å²) in [6.45, 7) is 2.49. The molecule has 1 aliphatic rings. The molecule has 0 radical (unpaired) electrons. The lowest BCUT2D eigenvalue weighted by atomic mass is 9.97. The van der Waals surface area contributed by atoms with Gasteiger partial charge in [0.2, 0.25) is 0 Å². The van der Waals surface area contributed by atoms with Gasteiger partial charge in [-0.1, -0.05) is 31.4 Å². The van der Waals surface area contributed by atoms with Crippen LogP contribution in [0.25, 0.3) is 0 Å². The van der Waals surface area contributed by atoms with E-state index in [1.54, 1.807) is 6.07 Å². The van der Waals surface area contributed by atoms with Crippen molar-refractivity contribution in [3.63, 3.8) is 0 Å². The first kappa shape index (κ1) is 19.8. The van der Waals surface area contributed by atoms with Gasteiger partial charge in [-0.2, -0.15) is 0 Å². The van der Waals surface area contributed by atoms with Crippen molar-refractivity contribution in [1.82, 2.24) is 15.6 Å². The Bertz CT molecular complexity index is 802. The normalized spacial score (nSPS) is 15.5. The third kappa shape index (κ3) is 5.30. The number of rotatable bonds is 7. The largest absolute Gasteiger partial charge is 0.349 e. The minimum atomic E-state index is -0.208. The Hall–Kier alpha value is -1.92. The molecule has 1 saturated carbocycles. The number of thiophene rings is 1. The quantitative estimate of drug-likeness (QED) is 0.729. The van der Waals surface area contributed by atoms with E-state index in [2.05, 4.69) is 22.5 Å². The van der Waals surface area contributed by atoms with Gasteiger partial charge in [0.15, 0.2) is 0 Å². The van der Waals surface area contributed by atoms with Crippen LogP contribution in [0.2, 0.25) is 5.02 Å². The van der Waals surface area contributed by atoms with Gasteiger partial charge in [0.1, 0.15) is 0 Å². The van der Waals surface area contributed by atoms with E-state index in [1.165, 1.54) is 28.6 Å². The molecule has 1 atom stereocenters. The third-order valence-electron chi connectivity index (χ3n) is 4.97. The zero-order valence-electron chi connectivity index (χ0n) is 15.3. The molecule has 2 aromatic heterocycles. The van der Waals surface area contributed by atoms with Crippen LogP contribution < -0.4 is 10.6 Å². The lowest BCUT2D eigenvalue weighted by molar-refractivity contribution is 0.0894. The molecule has 144 valence electrons. The molecule has 0 bridgehead atoms. The zero-order valence-corrected chi connectivity index (χ0v) is 16.9. The summed E-state index contributed by atoms with van der Waals surface area (Å²) in [5.74, 6) is 0.0813. The topological polar surface area (TPSA) is 71.1 Å². The predicted octanol–water partition coefficient (Wildman–Crippen LogP) is 4.08. The van der Waals surface area contributed by atoms with Crippen molar-refractivity contribution in [3.05, 3.63) is 50.9 Å². The number of aryl methyl sites for hydroxylation is 1. The summed E-state index contributed by atoms with van der Waals surface area (Å²) in [6, 6.07) is 5.35. The van der Waals surface area contributed by atoms with Crippen molar-refractivity contribution >= 4 is 34.8 Å². The molecule has 2 amide bonds. The van der Waals surface area contributed by atoms with Crippen molar-refractivity contribution in [1.29, 1.82) is 0 Å². The van der Waals surface area contributed by atoms with E-state index in [1.807, 2.05) is 12.1 Å². The summed E-state index contributed by atoms with van der Waals surface area (Å²) < 4.78 is 0. The molecule has 0 spiro atoms. The lowest BCUT2D eigenvalue weighted by Gasteiger charge is -2.25. The number of carbonyl (C=O) groups is 2. The van der Waals surface area contributed by atoms with Crippen LogP contribution in [-0.2, 0) is 6.42 Å². The Kier molecular flexibility index (Phi) is 6.85. The number of nitrogens with zero attached hydrogens (tertiary/aromatic N) is 1. The first-order chi connectivity index (χ1) is 13.1. The standard InChI is InChI=1S/C20H24ClN3O2S/c1-2-16-7-8-18(27-16)20(26)23-12-17(13-5-3-4-6-13)24-19(25)14-9-15(21)11-22-10-14/h7-11,13,17H,2-6,12H2,1H3,(H,23,26)(H,24,25). The molecule has 27 heavy (non-hydrogen) atoms. The van der Waals surface area contributed by atoms with Crippen molar-refractivity contribution in [2.45, 2.75) is 45.1 Å². The maximum Gasteiger partial charge on any atom is 0.261 e. The van der Waals surface area contributed by atoms with Gasteiger partial charge < -0.3 is 10.6 Å². The van der Waals surface area contributed by atoms with Crippen molar-refractivity contribution in [3.8, 4) is 0 Å². The second-order valence-corrected chi connectivity index (χ2v) is 8.45. The highest BCUT2D eigenvalue weighted by Crippen LogP contribution is 2.28. The second kappa shape index (κ2) is 9.33. The van der Waals surface area contributed by atoms with Crippen molar-refractivity contribution in [2.24, 2.45) is 5.92 Å². The number of halogens is 1. The van der Waals surface area contributed by atoms with E-state index in [0.717, 1.165) is 32.1 Å². The van der Waals surface area contributed by atoms with Gasteiger partial charge in [0, 0.05) is 29.9 Å². The highest BCUT2D eigenvalue weighted by atomic mass is 35.5. The van der Waals surface area contributed by atoms with Crippen LogP contribution in [0.4, 0.5) is 0 Å². The van der Waals surface area contributed by atoms with Crippen molar-refractivity contribution in [2.75, 3.05) is 6.54 Å². The molecule has 0 saturated heterocycles. The molecule has 2 N–H and O–H groups in total. The molecule has 2 aromatic rings. The van der Waals surface area contributed by atoms with Crippen LogP contribution in [0.1, 0.15) is 57.5 Å². The maximum absolute atomic E-state index is 12.6. The zero-order chi connectivity index (χ0) is 19.2. The fourth-order valence-corrected chi connectivity index (χ4v) is 4.50. The van der Waals surface area contributed by atoms with Crippen LogP contribution in [0.5, 0.6) is 0 Å². The number of pyridine rings is 1. The summed E-state index contributed by atoms with van der Waals surface area (Å²) in [7, 11) is 0. The van der Waals surface area contributed by atoms with E-state index < -0.39 is 0 Å². The number of aromatic nitrogens is 1. The van der Waals surface area contributed by atoms with E-state index in [4.69, 9.17) is 11.6 Å². The molecule has 2 heterocycles. The maximum atomic E-state index is 12.6. The molecular formula is C20H24ClN3O2S. The fourth-order valence-electron chi connectivity index (χ4n) is 3.46. The number of nitrogens with one attached hydrogen (secondary N) is 2. The Balaban J connectivity index is 1.64. The minimum Gasteiger partial charge on any atom is -0.349 e. The van der Waals surface area contributed by atoms with E-state index >= 15 is 0 Å². The SMILES string of the molecule is CCc1ccc(C(=O)NCC(NC(=O)c2cncc(Cl)c2)C2CCCC2)s1. The summed E-state index contributed by atoms with van der Waals surface area (Å²) >= 11 is 7.45. The third-order valence-corrected chi connectivity index (χ3v) is 6.40. The van der Waals surface area contributed by atoms with Gasteiger partial charge in [-0.3, -0.25) is 14.6 Å². The number of hydrogen-bond acceptors (Lipinski definition) is 4. The second-order valence-electron chi connectivity index (χ2n) is 6.85. The number of carbonyl (C=O) groups excluding carboxylic acids is 2. The van der Waals surface area contributed by atoms with Gasteiger partial charge in [0.25, 0.3) is 11.8 Å². The summed E-state index contributed by atoms with van der Waals surface area (Å²) in [4.78, 5) is 30.9. The molecule has 3 rings (SSSR count). The Labute approximate surface area is 168 Å². The van der Waals surface area contributed by atoms with E-state index in [0.29, 0.717) is 27.9 Å². The van der Waals surface area contributed by atoms with Gasteiger partial charge in [-0.25, -0.2) is 0 Å². The molecule has 1 unspecified atom stereocenters. The van der Waals surface area contributed by atoms with Crippen molar-refractivity contribution < 1.29 is 9.59 Å². The van der Waals surface area contributed by atoms with Gasteiger partial charge in [-0.15, -0.1) is 11.3 Å². The lowest BCUT2D eigenvalue weighted by Crippen LogP contribution is -2.47. The molecule has 7 heteroatoms. The Morgan fingerprint density at radius 3 is 2.70 bits per heavy atom. The highest BCUT2D eigenvalue weighted by molar-refractivity contribution is 7.14. The molecular weight excluding hydrogens is 382 g/mol. The van der Waals surface area contributed by atoms with E-state index in [9.17, 15) is 9.59 Å². The first-order valence-electron chi connectivity index (χ1n) is 9.35. The average molecular weight is 406 g/mol. The molecule has 1 aliphatic carbocycles. The predicted molar refractivity (Wildman–Crippen MR) is 108 cm³/mol. The van der Waals surface area contributed by atoms with Crippen LogP contribution in [0.3, 0.4) is 0 Å². The minimum absolute atomic E-state index is 0.0821. The fraction of sp³-hybridized carbons (Fsp3) is 0.450. The molecule has 1 fully saturated rings. The summed E-state index contributed by atoms with van der Waals surface area (Å²) in [6.07, 6.45) is 8.37. The Morgan fingerprint density at radius 2 is 2.04 bits per heavy atom. The first-order valence-corrected chi connectivity index (χ1v) is 10.5.